The van der Waals surface area contributed by atoms with Crippen LogP contribution in [-0.4, -0.2) is 4.57 Å². The highest BCUT2D eigenvalue weighted by molar-refractivity contribution is 5.82. The Morgan fingerprint density at radius 1 is 1.00 bits per heavy atom. The zero-order valence-electron chi connectivity index (χ0n) is 10.4. The first kappa shape index (κ1) is 11.1. The summed E-state index contributed by atoms with van der Waals surface area (Å²) in [7, 11) is 0. The molecule has 0 saturated heterocycles. The van der Waals surface area contributed by atoms with Crippen LogP contribution in [0.15, 0.2) is 60.8 Å². The number of para-hydroxylation sites is 1. The summed E-state index contributed by atoms with van der Waals surface area (Å²) in [5, 5.41) is 1.23. The lowest BCUT2D eigenvalue weighted by Crippen LogP contribution is -2.04. The molecule has 0 fully saturated rings. The standard InChI is InChI=1S/C16H16N2/c1-12(17)13-7-8-16-14(11-13)9-10-18(16)15-5-3-2-4-6-15/h2-12H,17H2,1H3. The van der Waals surface area contributed by atoms with Crippen LogP contribution in [0.25, 0.3) is 16.6 Å². The smallest absolute Gasteiger partial charge is 0.0528 e. The van der Waals surface area contributed by atoms with Gasteiger partial charge in [0.2, 0.25) is 0 Å². The van der Waals surface area contributed by atoms with E-state index in [1.807, 2.05) is 13.0 Å². The Morgan fingerprint density at radius 3 is 2.50 bits per heavy atom. The van der Waals surface area contributed by atoms with Gasteiger partial charge in [0.05, 0.1) is 5.52 Å². The summed E-state index contributed by atoms with van der Waals surface area (Å²) in [6, 6.07) is 19.0. The third-order valence-electron chi connectivity index (χ3n) is 3.27. The molecular weight excluding hydrogens is 220 g/mol. The second kappa shape index (κ2) is 4.31. The van der Waals surface area contributed by atoms with Crippen molar-refractivity contribution in [3.8, 4) is 5.69 Å². The molecule has 1 unspecified atom stereocenters. The van der Waals surface area contributed by atoms with Gasteiger partial charge in [-0.2, -0.15) is 0 Å². The van der Waals surface area contributed by atoms with Crippen molar-refractivity contribution >= 4 is 10.9 Å². The molecule has 0 aliphatic rings. The average Bonchev–Trinajstić information content (AvgIpc) is 2.82. The molecule has 0 aliphatic carbocycles. The van der Waals surface area contributed by atoms with E-state index in [1.165, 1.54) is 22.2 Å². The van der Waals surface area contributed by atoms with Crippen molar-refractivity contribution in [2.24, 2.45) is 5.73 Å². The first-order valence-electron chi connectivity index (χ1n) is 6.18. The molecule has 1 aromatic heterocycles. The molecule has 0 amide bonds. The lowest BCUT2D eigenvalue weighted by molar-refractivity contribution is 0.820. The number of benzene rings is 2. The van der Waals surface area contributed by atoms with Crippen LogP contribution >= 0.6 is 0 Å². The van der Waals surface area contributed by atoms with Gasteiger partial charge in [-0.1, -0.05) is 24.3 Å². The fraction of sp³-hybridized carbons (Fsp3) is 0.125. The van der Waals surface area contributed by atoms with E-state index < -0.39 is 0 Å². The molecule has 2 heteroatoms. The third-order valence-corrected chi connectivity index (χ3v) is 3.27. The van der Waals surface area contributed by atoms with E-state index in [-0.39, 0.29) is 6.04 Å². The van der Waals surface area contributed by atoms with Crippen LogP contribution in [0.2, 0.25) is 0 Å². The van der Waals surface area contributed by atoms with Crippen LogP contribution in [0, 0.1) is 0 Å². The number of hydrogen-bond donors (Lipinski definition) is 1. The second-order valence-corrected chi connectivity index (χ2v) is 4.63. The molecule has 3 rings (SSSR count). The number of nitrogens with zero attached hydrogens (tertiary/aromatic N) is 1. The number of rotatable bonds is 2. The molecule has 2 nitrogen and oxygen atoms in total. The summed E-state index contributed by atoms with van der Waals surface area (Å²) >= 11 is 0. The van der Waals surface area contributed by atoms with Gasteiger partial charge >= 0.3 is 0 Å². The van der Waals surface area contributed by atoms with Gasteiger partial charge in [0.15, 0.2) is 0 Å². The van der Waals surface area contributed by atoms with E-state index in [1.54, 1.807) is 0 Å². The van der Waals surface area contributed by atoms with Crippen molar-refractivity contribution in [1.29, 1.82) is 0 Å². The maximum Gasteiger partial charge on any atom is 0.0528 e. The Morgan fingerprint density at radius 2 is 1.78 bits per heavy atom. The molecule has 1 atom stereocenters. The summed E-state index contributed by atoms with van der Waals surface area (Å²) in [6.07, 6.45) is 2.10. The molecule has 0 radical (unpaired) electrons. The normalized spacial score (nSPS) is 12.8. The van der Waals surface area contributed by atoms with E-state index in [2.05, 4.69) is 59.3 Å². The van der Waals surface area contributed by atoms with Gasteiger partial charge in [0.1, 0.15) is 0 Å². The molecule has 2 N–H and O–H groups in total. The zero-order chi connectivity index (χ0) is 12.5. The Hall–Kier alpha value is -2.06. The largest absolute Gasteiger partial charge is 0.324 e. The molecule has 3 aromatic rings. The first-order valence-corrected chi connectivity index (χ1v) is 6.18. The predicted octanol–water partition coefficient (Wildman–Crippen LogP) is 3.65. The first-order chi connectivity index (χ1) is 8.75. The monoisotopic (exact) mass is 236 g/mol. The Kier molecular flexibility index (Phi) is 2.65. The fourth-order valence-corrected chi connectivity index (χ4v) is 2.26. The number of fused-ring (bicyclic) bond motifs is 1. The highest BCUT2D eigenvalue weighted by atomic mass is 15.0. The molecule has 0 saturated carbocycles. The second-order valence-electron chi connectivity index (χ2n) is 4.63. The minimum absolute atomic E-state index is 0.0782. The maximum atomic E-state index is 5.92. The van der Waals surface area contributed by atoms with E-state index in [0.717, 1.165) is 0 Å². The summed E-state index contributed by atoms with van der Waals surface area (Å²) in [5.41, 5.74) is 9.49. The van der Waals surface area contributed by atoms with Gasteiger partial charge in [-0.15, -0.1) is 0 Å². The van der Waals surface area contributed by atoms with Gasteiger partial charge in [-0.25, -0.2) is 0 Å². The molecule has 0 spiro atoms. The predicted molar refractivity (Wildman–Crippen MR) is 75.9 cm³/mol. The highest BCUT2D eigenvalue weighted by Crippen LogP contribution is 2.23. The van der Waals surface area contributed by atoms with Gasteiger partial charge in [-0.05, 0) is 42.8 Å². The third kappa shape index (κ3) is 1.81. The van der Waals surface area contributed by atoms with Crippen LogP contribution < -0.4 is 5.73 Å². The van der Waals surface area contributed by atoms with Gasteiger partial charge in [0, 0.05) is 23.3 Å². The number of hydrogen-bond acceptors (Lipinski definition) is 1. The average molecular weight is 236 g/mol. The van der Waals surface area contributed by atoms with Gasteiger partial charge in [-0.3, -0.25) is 0 Å². The van der Waals surface area contributed by atoms with Crippen LogP contribution in [0.3, 0.4) is 0 Å². The van der Waals surface area contributed by atoms with E-state index >= 15 is 0 Å². The molecular formula is C16H16N2. The molecule has 1 heterocycles. The minimum atomic E-state index is 0.0782. The number of aromatic nitrogens is 1. The summed E-state index contributed by atoms with van der Waals surface area (Å²) in [5.74, 6) is 0. The van der Waals surface area contributed by atoms with Crippen molar-refractivity contribution < 1.29 is 0 Å². The van der Waals surface area contributed by atoms with Gasteiger partial charge in [0.25, 0.3) is 0 Å². The Balaban J connectivity index is 2.16. The Labute approximate surface area is 107 Å². The van der Waals surface area contributed by atoms with Crippen molar-refractivity contribution in [2.75, 3.05) is 0 Å². The highest BCUT2D eigenvalue weighted by Gasteiger charge is 2.05. The zero-order valence-corrected chi connectivity index (χ0v) is 10.4. The van der Waals surface area contributed by atoms with Crippen LogP contribution in [0.4, 0.5) is 0 Å². The summed E-state index contributed by atoms with van der Waals surface area (Å²) < 4.78 is 2.19. The van der Waals surface area contributed by atoms with Crippen LogP contribution in [0.1, 0.15) is 18.5 Å². The molecule has 2 aromatic carbocycles. The molecule has 0 aliphatic heterocycles. The maximum absolute atomic E-state index is 5.92. The molecule has 18 heavy (non-hydrogen) atoms. The van der Waals surface area contributed by atoms with E-state index in [4.69, 9.17) is 5.73 Å². The fourth-order valence-electron chi connectivity index (χ4n) is 2.26. The van der Waals surface area contributed by atoms with Crippen LogP contribution in [0.5, 0.6) is 0 Å². The minimum Gasteiger partial charge on any atom is -0.324 e. The van der Waals surface area contributed by atoms with Crippen molar-refractivity contribution in [1.82, 2.24) is 4.57 Å². The number of nitrogens with two attached hydrogens (primary N) is 1. The SMILES string of the molecule is CC(N)c1ccc2c(ccn2-c2ccccc2)c1. The Bertz CT molecular complexity index is 666. The molecule has 0 bridgehead atoms. The topological polar surface area (TPSA) is 30.9 Å². The van der Waals surface area contributed by atoms with Crippen molar-refractivity contribution in [2.45, 2.75) is 13.0 Å². The molecule has 90 valence electrons. The lowest BCUT2D eigenvalue weighted by Gasteiger charge is -2.08. The van der Waals surface area contributed by atoms with Crippen molar-refractivity contribution in [3.05, 3.63) is 66.4 Å². The van der Waals surface area contributed by atoms with E-state index in [0.29, 0.717) is 0 Å². The lowest BCUT2D eigenvalue weighted by atomic mass is 10.1. The van der Waals surface area contributed by atoms with Gasteiger partial charge < -0.3 is 10.3 Å². The van der Waals surface area contributed by atoms with Crippen LogP contribution in [-0.2, 0) is 0 Å². The summed E-state index contributed by atoms with van der Waals surface area (Å²) in [4.78, 5) is 0. The quantitative estimate of drug-likeness (QED) is 0.723. The van der Waals surface area contributed by atoms with Crippen molar-refractivity contribution in [3.63, 3.8) is 0 Å². The van der Waals surface area contributed by atoms with E-state index in [9.17, 15) is 0 Å². The summed E-state index contributed by atoms with van der Waals surface area (Å²) in [6.45, 7) is 2.01.